The van der Waals surface area contributed by atoms with Crippen LogP contribution in [0.1, 0.15) is 73.1 Å². The van der Waals surface area contributed by atoms with Crippen molar-refractivity contribution in [2.75, 3.05) is 18.9 Å². The highest BCUT2D eigenvalue weighted by atomic mass is 32.2. The van der Waals surface area contributed by atoms with Crippen LogP contribution in [0.4, 0.5) is 0 Å². The zero-order valence-electron chi connectivity index (χ0n) is 17.5. The third-order valence-corrected chi connectivity index (χ3v) is 7.30. The molecule has 2 fully saturated rings. The van der Waals surface area contributed by atoms with Gasteiger partial charge in [-0.15, -0.1) is 0 Å². The van der Waals surface area contributed by atoms with E-state index in [1.54, 1.807) is 18.9 Å². The van der Waals surface area contributed by atoms with E-state index in [1.807, 2.05) is 4.90 Å². The van der Waals surface area contributed by atoms with Crippen molar-refractivity contribution < 1.29 is 9.53 Å². The molecule has 0 aromatic rings. The molecule has 1 amide bonds. The summed E-state index contributed by atoms with van der Waals surface area (Å²) >= 11 is 1.81. The van der Waals surface area contributed by atoms with Crippen molar-refractivity contribution in [3.63, 3.8) is 0 Å². The minimum absolute atomic E-state index is 0.170. The number of rotatable bonds is 8. The number of nitrogens with one attached hydrogen (secondary N) is 1. The number of hydrogen-bond acceptors (Lipinski definition) is 4. The van der Waals surface area contributed by atoms with Gasteiger partial charge in [0.15, 0.2) is 0 Å². The van der Waals surface area contributed by atoms with Gasteiger partial charge >= 0.3 is 0 Å². The zero-order valence-corrected chi connectivity index (χ0v) is 18.3. The minimum atomic E-state index is 0.170. The maximum absolute atomic E-state index is 12.1. The summed E-state index contributed by atoms with van der Waals surface area (Å²) < 4.78 is 9.99. The number of ether oxygens (including phenoxy) is 1. The Bertz CT molecular complexity index is 422. The van der Waals surface area contributed by atoms with Gasteiger partial charge < -0.3 is 9.64 Å². The molecular formula is C21H40N2O2S. The van der Waals surface area contributed by atoms with E-state index in [0.717, 1.165) is 37.0 Å². The van der Waals surface area contributed by atoms with Gasteiger partial charge in [-0.2, -0.15) is 0 Å². The van der Waals surface area contributed by atoms with Crippen molar-refractivity contribution in [2.45, 2.75) is 91.3 Å². The van der Waals surface area contributed by atoms with Crippen LogP contribution in [0.5, 0.6) is 0 Å². The maximum Gasteiger partial charge on any atom is 0.219 e. The molecule has 2 aliphatic rings. The van der Waals surface area contributed by atoms with Gasteiger partial charge in [0.05, 0.1) is 18.8 Å². The fourth-order valence-corrected chi connectivity index (χ4v) is 5.19. The number of likely N-dealkylation sites (tertiary alicyclic amines) is 1. The van der Waals surface area contributed by atoms with E-state index in [1.165, 1.54) is 25.7 Å². The summed E-state index contributed by atoms with van der Waals surface area (Å²) in [6.45, 7) is 12.4. The lowest BCUT2D eigenvalue weighted by Crippen LogP contribution is -2.56. The first-order valence-electron chi connectivity index (χ1n) is 10.6. The average Bonchev–Trinajstić information content (AvgIpc) is 2.60. The van der Waals surface area contributed by atoms with Crippen LogP contribution in [0.15, 0.2) is 0 Å². The second kappa shape index (κ2) is 10.9. The van der Waals surface area contributed by atoms with E-state index in [2.05, 4.69) is 32.4 Å². The second-order valence-corrected chi connectivity index (χ2v) is 9.82. The molecule has 26 heavy (non-hydrogen) atoms. The van der Waals surface area contributed by atoms with Gasteiger partial charge in [-0.25, -0.2) is 0 Å². The highest BCUT2D eigenvalue weighted by Gasteiger charge is 2.34. The fraction of sp³-hybridized carbons (Fsp3) is 0.952. The largest absolute Gasteiger partial charge is 0.376 e. The first-order valence-corrected chi connectivity index (χ1v) is 11.6. The molecule has 1 heterocycles. The lowest BCUT2D eigenvalue weighted by atomic mass is 9.80. The summed E-state index contributed by atoms with van der Waals surface area (Å²) in [6.07, 6.45) is 7.51. The molecule has 0 aromatic heterocycles. The van der Waals surface area contributed by atoms with Crippen LogP contribution in [-0.4, -0.2) is 47.9 Å². The standard InChI is InChI=1S/C21H40N2O2S/c1-15(2)14-26-22-20-7-6-12-23(17(5)24)21(20)13-25-19-10-8-18(9-11-19)16(3)4/h15-16,18-22H,6-14H2,1-5H3/t18?,19?,20-,21-/m0/s1. The van der Waals surface area contributed by atoms with Crippen molar-refractivity contribution in [1.29, 1.82) is 0 Å². The molecular weight excluding hydrogens is 344 g/mol. The average molecular weight is 385 g/mol. The van der Waals surface area contributed by atoms with Crippen LogP contribution >= 0.6 is 11.9 Å². The van der Waals surface area contributed by atoms with Gasteiger partial charge in [0.25, 0.3) is 0 Å². The van der Waals surface area contributed by atoms with Crippen LogP contribution < -0.4 is 4.72 Å². The third kappa shape index (κ3) is 6.72. The summed E-state index contributed by atoms with van der Waals surface area (Å²) in [5.41, 5.74) is 0. The lowest BCUT2D eigenvalue weighted by molar-refractivity contribution is -0.136. The van der Waals surface area contributed by atoms with E-state index in [9.17, 15) is 4.79 Å². The van der Waals surface area contributed by atoms with Gasteiger partial charge in [-0.3, -0.25) is 9.52 Å². The van der Waals surface area contributed by atoms with E-state index in [4.69, 9.17) is 4.74 Å². The topological polar surface area (TPSA) is 41.6 Å². The maximum atomic E-state index is 12.1. The normalized spacial score (nSPS) is 30.2. The van der Waals surface area contributed by atoms with Crippen molar-refractivity contribution >= 4 is 17.9 Å². The van der Waals surface area contributed by atoms with Gasteiger partial charge in [0, 0.05) is 25.3 Å². The van der Waals surface area contributed by atoms with Crippen molar-refractivity contribution in [1.82, 2.24) is 9.62 Å². The molecule has 0 radical (unpaired) electrons. The molecule has 2 rings (SSSR count). The Hall–Kier alpha value is -0.260. The van der Waals surface area contributed by atoms with Gasteiger partial charge in [0.2, 0.25) is 5.91 Å². The molecule has 0 spiro atoms. The Labute approximate surface area is 165 Å². The smallest absolute Gasteiger partial charge is 0.219 e. The number of carbonyl (C=O) groups is 1. The predicted molar refractivity (Wildman–Crippen MR) is 111 cm³/mol. The zero-order chi connectivity index (χ0) is 19.1. The number of hydrogen-bond donors (Lipinski definition) is 1. The van der Waals surface area contributed by atoms with Crippen LogP contribution in [0, 0.1) is 17.8 Å². The summed E-state index contributed by atoms with van der Waals surface area (Å²) in [5.74, 6) is 3.60. The van der Waals surface area contributed by atoms with Gasteiger partial charge in [0.1, 0.15) is 0 Å². The van der Waals surface area contributed by atoms with Crippen LogP contribution in [0.25, 0.3) is 0 Å². The van der Waals surface area contributed by atoms with Gasteiger partial charge in [-0.1, -0.05) is 39.6 Å². The highest BCUT2D eigenvalue weighted by Crippen LogP contribution is 2.32. The molecule has 0 bridgehead atoms. The molecule has 2 atom stereocenters. The molecule has 1 aliphatic heterocycles. The Morgan fingerprint density at radius 1 is 1.15 bits per heavy atom. The van der Waals surface area contributed by atoms with Crippen LogP contribution in [-0.2, 0) is 9.53 Å². The highest BCUT2D eigenvalue weighted by molar-refractivity contribution is 7.97. The Morgan fingerprint density at radius 2 is 1.85 bits per heavy atom. The predicted octanol–water partition coefficient (Wildman–Crippen LogP) is 4.49. The molecule has 1 aliphatic carbocycles. The van der Waals surface area contributed by atoms with Crippen molar-refractivity contribution in [2.24, 2.45) is 17.8 Å². The number of nitrogens with zero attached hydrogens (tertiary/aromatic N) is 1. The van der Waals surface area contributed by atoms with E-state index in [-0.39, 0.29) is 11.9 Å². The first-order chi connectivity index (χ1) is 12.4. The number of carbonyl (C=O) groups excluding carboxylic acids is 1. The Balaban J connectivity index is 1.87. The third-order valence-electron chi connectivity index (χ3n) is 6.00. The first kappa shape index (κ1) is 22.0. The summed E-state index contributed by atoms with van der Waals surface area (Å²) in [6, 6.07) is 0.507. The van der Waals surface area contributed by atoms with Crippen molar-refractivity contribution in [3.8, 4) is 0 Å². The van der Waals surface area contributed by atoms with E-state index in [0.29, 0.717) is 24.7 Å². The van der Waals surface area contributed by atoms with E-state index >= 15 is 0 Å². The van der Waals surface area contributed by atoms with Crippen LogP contribution in [0.2, 0.25) is 0 Å². The SMILES string of the molecule is CC(=O)N1CCC[C@H](NSCC(C)C)[C@@H]1COC1CCC(C(C)C)CC1. The Morgan fingerprint density at radius 3 is 2.42 bits per heavy atom. The second-order valence-electron chi connectivity index (χ2n) is 8.97. The molecule has 5 heteroatoms. The molecule has 1 saturated heterocycles. The minimum Gasteiger partial charge on any atom is -0.376 e. The monoisotopic (exact) mass is 384 g/mol. The summed E-state index contributed by atoms with van der Waals surface area (Å²) in [7, 11) is 0. The molecule has 4 nitrogen and oxygen atoms in total. The molecule has 152 valence electrons. The Kier molecular flexibility index (Phi) is 9.25. The number of amides is 1. The number of piperidine rings is 1. The molecule has 1 N–H and O–H groups in total. The summed E-state index contributed by atoms with van der Waals surface area (Å²) in [5, 5.41) is 0. The fourth-order valence-electron chi connectivity index (χ4n) is 4.27. The van der Waals surface area contributed by atoms with Gasteiger partial charge in [-0.05, 0) is 56.3 Å². The lowest BCUT2D eigenvalue weighted by Gasteiger charge is -2.42. The molecule has 0 aromatic carbocycles. The van der Waals surface area contributed by atoms with Crippen molar-refractivity contribution in [3.05, 3.63) is 0 Å². The molecule has 1 saturated carbocycles. The van der Waals surface area contributed by atoms with E-state index < -0.39 is 0 Å². The van der Waals surface area contributed by atoms with Crippen LogP contribution in [0.3, 0.4) is 0 Å². The quantitative estimate of drug-likeness (QED) is 0.626. The molecule has 0 unspecified atom stereocenters. The summed E-state index contributed by atoms with van der Waals surface area (Å²) in [4.78, 5) is 14.2.